The Kier molecular flexibility index (Phi) is 3.77. The summed E-state index contributed by atoms with van der Waals surface area (Å²) >= 11 is 0. The molecule has 21 heavy (non-hydrogen) atoms. The first-order chi connectivity index (χ1) is 10.3. The lowest BCUT2D eigenvalue weighted by Crippen LogP contribution is -2.13. The van der Waals surface area contributed by atoms with E-state index < -0.39 is 0 Å². The van der Waals surface area contributed by atoms with Crippen molar-refractivity contribution < 1.29 is 4.42 Å². The number of aromatic nitrogens is 2. The number of rotatable bonds is 5. The Balaban J connectivity index is 1.88. The van der Waals surface area contributed by atoms with Gasteiger partial charge in [-0.25, -0.2) is 4.68 Å². The normalized spacial score (nSPS) is 10.9. The van der Waals surface area contributed by atoms with Crippen molar-refractivity contribution in [3.05, 3.63) is 64.6 Å². The van der Waals surface area contributed by atoms with Crippen LogP contribution in [-0.2, 0) is 6.42 Å². The van der Waals surface area contributed by atoms with E-state index >= 15 is 0 Å². The van der Waals surface area contributed by atoms with Gasteiger partial charge >= 0.3 is 0 Å². The van der Waals surface area contributed by atoms with Gasteiger partial charge in [-0.05, 0) is 42.7 Å². The monoisotopic (exact) mass is 282 g/mol. The van der Waals surface area contributed by atoms with Gasteiger partial charge in [-0.3, -0.25) is 9.89 Å². The van der Waals surface area contributed by atoms with Gasteiger partial charge in [0.25, 0.3) is 5.56 Å². The molecule has 0 bridgehead atoms. The molecule has 0 fully saturated rings. The van der Waals surface area contributed by atoms with Crippen LogP contribution in [-0.4, -0.2) is 9.78 Å². The second kappa shape index (κ2) is 5.87. The quantitative estimate of drug-likeness (QED) is 0.774. The van der Waals surface area contributed by atoms with E-state index in [0.29, 0.717) is 11.5 Å². The highest BCUT2D eigenvalue weighted by Crippen LogP contribution is 2.17. The highest BCUT2D eigenvalue weighted by molar-refractivity contribution is 5.51. The number of nitrogens with one attached hydrogen (secondary N) is 1. The van der Waals surface area contributed by atoms with Crippen LogP contribution >= 0.6 is 0 Å². The van der Waals surface area contributed by atoms with Gasteiger partial charge in [0.05, 0.1) is 12.0 Å². The third-order valence-corrected chi connectivity index (χ3v) is 3.52. The largest absolute Gasteiger partial charge is 0.463 e. The molecule has 3 rings (SSSR count). The smallest absolute Gasteiger partial charge is 0.271 e. The predicted octanol–water partition coefficient (Wildman–Crippen LogP) is 3.77. The van der Waals surface area contributed by atoms with Crippen molar-refractivity contribution in [2.45, 2.75) is 26.2 Å². The van der Waals surface area contributed by atoms with Crippen LogP contribution in [0.4, 0.5) is 0 Å². The molecule has 3 aromatic rings. The average Bonchev–Trinajstić information content (AvgIpc) is 3.15. The summed E-state index contributed by atoms with van der Waals surface area (Å²) < 4.78 is 6.83. The average molecular weight is 282 g/mol. The van der Waals surface area contributed by atoms with Gasteiger partial charge in [0.1, 0.15) is 5.69 Å². The summed E-state index contributed by atoms with van der Waals surface area (Å²) in [6.45, 7) is 2.18. The second-order valence-corrected chi connectivity index (χ2v) is 5.09. The first kappa shape index (κ1) is 13.5. The minimum absolute atomic E-state index is 0.0947. The number of aromatic amines is 1. The van der Waals surface area contributed by atoms with E-state index in [4.69, 9.17) is 4.42 Å². The van der Waals surface area contributed by atoms with Crippen LogP contribution in [0.2, 0.25) is 0 Å². The molecule has 0 unspecified atom stereocenters. The summed E-state index contributed by atoms with van der Waals surface area (Å²) in [4.78, 5) is 12.1. The van der Waals surface area contributed by atoms with E-state index in [1.165, 1.54) is 23.1 Å². The maximum absolute atomic E-state index is 12.1. The molecule has 1 aromatic carbocycles. The first-order valence-electron chi connectivity index (χ1n) is 7.23. The topological polar surface area (TPSA) is 50.9 Å². The summed E-state index contributed by atoms with van der Waals surface area (Å²) in [6, 6.07) is 13.3. The molecular weight excluding hydrogens is 264 g/mol. The highest BCUT2D eigenvalue weighted by Gasteiger charge is 2.08. The molecule has 2 aromatic heterocycles. The van der Waals surface area contributed by atoms with Gasteiger partial charge < -0.3 is 4.42 Å². The van der Waals surface area contributed by atoms with Gasteiger partial charge in [-0.15, -0.1) is 0 Å². The Labute approximate surface area is 123 Å². The number of hydrogen-bond donors (Lipinski definition) is 1. The van der Waals surface area contributed by atoms with Crippen LogP contribution in [0, 0.1) is 0 Å². The van der Waals surface area contributed by atoms with Gasteiger partial charge in [-0.1, -0.05) is 25.5 Å². The minimum Gasteiger partial charge on any atom is -0.463 e. The lowest BCUT2D eigenvalue weighted by atomic mass is 10.1. The number of hydrogen-bond acceptors (Lipinski definition) is 2. The molecule has 4 heteroatoms. The lowest BCUT2D eigenvalue weighted by Gasteiger charge is -2.04. The van der Waals surface area contributed by atoms with Crippen LogP contribution in [0.25, 0.3) is 17.1 Å². The molecule has 0 aliphatic carbocycles. The Morgan fingerprint density at radius 2 is 2.00 bits per heavy atom. The molecule has 1 N–H and O–H groups in total. The number of benzene rings is 1. The van der Waals surface area contributed by atoms with E-state index in [2.05, 4.69) is 24.2 Å². The number of aryl methyl sites for hydroxylation is 1. The second-order valence-electron chi connectivity index (χ2n) is 5.09. The Hall–Kier alpha value is -2.49. The van der Waals surface area contributed by atoms with Crippen molar-refractivity contribution in [2.24, 2.45) is 0 Å². The van der Waals surface area contributed by atoms with Crippen LogP contribution < -0.4 is 5.56 Å². The molecule has 0 atom stereocenters. The van der Waals surface area contributed by atoms with Gasteiger partial charge in [0.2, 0.25) is 0 Å². The molecule has 0 amide bonds. The highest BCUT2D eigenvalue weighted by atomic mass is 16.3. The van der Waals surface area contributed by atoms with E-state index in [-0.39, 0.29) is 5.56 Å². The van der Waals surface area contributed by atoms with E-state index in [0.717, 1.165) is 12.1 Å². The molecule has 0 radical (unpaired) electrons. The van der Waals surface area contributed by atoms with Crippen LogP contribution in [0.5, 0.6) is 0 Å². The fraction of sp³-hybridized carbons (Fsp3) is 0.235. The van der Waals surface area contributed by atoms with Gasteiger partial charge in [0, 0.05) is 6.07 Å². The third kappa shape index (κ3) is 2.84. The van der Waals surface area contributed by atoms with Gasteiger partial charge in [0.15, 0.2) is 5.76 Å². The fourth-order valence-electron chi connectivity index (χ4n) is 2.34. The molecule has 4 nitrogen and oxygen atoms in total. The molecule has 108 valence electrons. The van der Waals surface area contributed by atoms with Crippen LogP contribution in [0.3, 0.4) is 0 Å². The Morgan fingerprint density at radius 1 is 1.19 bits per heavy atom. The molecule has 0 aliphatic heterocycles. The van der Waals surface area contributed by atoms with E-state index in [1.54, 1.807) is 18.4 Å². The van der Waals surface area contributed by atoms with Crippen molar-refractivity contribution in [1.82, 2.24) is 9.78 Å². The van der Waals surface area contributed by atoms with Crippen molar-refractivity contribution in [3.8, 4) is 17.1 Å². The summed E-state index contributed by atoms with van der Waals surface area (Å²) in [5.41, 5.74) is 2.72. The number of H-pyrrole nitrogens is 1. The zero-order valence-electron chi connectivity index (χ0n) is 12.0. The molecule has 2 heterocycles. The number of unbranched alkanes of at least 4 members (excludes halogenated alkanes) is 1. The van der Waals surface area contributed by atoms with Crippen molar-refractivity contribution in [1.29, 1.82) is 0 Å². The standard InChI is InChI=1S/C17H18N2O2/c1-2-3-5-13-7-9-14(10-8-13)19-17(20)12-15(18-19)16-6-4-11-21-16/h4,6-12,18H,2-3,5H2,1H3. The summed E-state index contributed by atoms with van der Waals surface area (Å²) in [5.74, 6) is 0.658. The Morgan fingerprint density at radius 3 is 2.67 bits per heavy atom. The van der Waals surface area contributed by atoms with Gasteiger partial charge in [-0.2, -0.15) is 0 Å². The first-order valence-corrected chi connectivity index (χ1v) is 7.23. The van der Waals surface area contributed by atoms with E-state index in [1.807, 2.05) is 18.2 Å². The minimum atomic E-state index is -0.0947. The SMILES string of the molecule is CCCCc1ccc(-n2[nH]c(-c3ccco3)cc2=O)cc1. The number of furan rings is 1. The maximum Gasteiger partial charge on any atom is 0.271 e. The van der Waals surface area contributed by atoms with Crippen LogP contribution in [0.15, 0.2) is 57.9 Å². The summed E-state index contributed by atoms with van der Waals surface area (Å²) in [7, 11) is 0. The maximum atomic E-state index is 12.1. The molecule has 0 saturated carbocycles. The molecular formula is C17H18N2O2. The summed E-state index contributed by atoms with van der Waals surface area (Å²) in [6.07, 6.45) is 5.04. The van der Waals surface area contributed by atoms with E-state index in [9.17, 15) is 4.79 Å². The summed E-state index contributed by atoms with van der Waals surface area (Å²) in [5, 5.41) is 3.07. The zero-order valence-corrected chi connectivity index (χ0v) is 12.0. The molecule has 0 aliphatic rings. The molecule has 0 spiro atoms. The fourth-order valence-corrected chi connectivity index (χ4v) is 2.34. The van der Waals surface area contributed by atoms with Crippen molar-refractivity contribution >= 4 is 0 Å². The molecule has 0 saturated heterocycles. The Bertz CT molecular complexity index is 749. The van der Waals surface area contributed by atoms with Crippen LogP contribution in [0.1, 0.15) is 25.3 Å². The predicted molar refractivity (Wildman–Crippen MR) is 82.7 cm³/mol. The number of nitrogens with zero attached hydrogens (tertiary/aromatic N) is 1. The lowest BCUT2D eigenvalue weighted by molar-refractivity contribution is 0.579. The zero-order chi connectivity index (χ0) is 14.7. The van der Waals surface area contributed by atoms with Crippen molar-refractivity contribution in [2.75, 3.05) is 0 Å². The van der Waals surface area contributed by atoms with Crippen molar-refractivity contribution in [3.63, 3.8) is 0 Å². The third-order valence-electron chi connectivity index (χ3n) is 3.52.